The Bertz CT molecular complexity index is 843. The molecule has 0 aliphatic carbocycles. The van der Waals surface area contributed by atoms with Gasteiger partial charge in [-0.05, 0) is 20.8 Å². The van der Waals surface area contributed by atoms with Crippen LogP contribution in [0, 0.1) is 34.1 Å². The van der Waals surface area contributed by atoms with E-state index in [-0.39, 0.29) is 11.3 Å². The lowest BCUT2D eigenvalue weighted by atomic mass is 10.1. The number of halogens is 1. The summed E-state index contributed by atoms with van der Waals surface area (Å²) >= 11 is 5.90. The molecule has 10 nitrogen and oxygen atoms in total. The van der Waals surface area contributed by atoms with E-state index in [1.54, 1.807) is 13.8 Å². The third-order valence-electron chi connectivity index (χ3n) is 3.74. The number of nitro benzene ring substituents is 2. The van der Waals surface area contributed by atoms with Gasteiger partial charge in [0.2, 0.25) is 5.91 Å². The van der Waals surface area contributed by atoms with Crippen LogP contribution in [-0.2, 0) is 4.79 Å². The molecule has 0 bridgehead atoms. The first-order valence-corrected chi connectivity index (χ1v) is 7.45. The van der Waals surface area contributed by atoms with Crippen molar-refractivity contribution in [1.82, 2.24) is 9.78 Å². The van der Waals surface area contributed by atoms with Crippen LogP contribution in [0.5, 0.6) is 0 Å². The molecule has 25 heavy (non-hydrogen) atoms. The van der Waals surface area contributed by atoms with Crippen molar-refractivity contribution in [2.24, 2.45) is 0 Å². The molecule has 1 aromatic heterocycles. The van der Waals surface area contributed by atoms with Gasteiger partial charge in [0.25, 0.3) is 11.4 Å². The number of aromatic nitrogens is 2. The largest absolute Gasteiger partial charge is 0.324 e. The zero-order valence-corrected chi connectivity index (χ0v) is 14.3. The third-order valence-corrected chi connectivity index (χ3v) is 4.12. The molecule has 1 aromatic carbocycles. The average Bonchev–Trinajstić information content (AvgIpc) is 2.87. The Balaban J connectivity index is 2.36. The van der Waals surface area contributed by atoms with E-state index in [2.05, 4.69) is 10.4 Å². The quantitative estimate of drug-likeness (QED) is 0.637. The van der Waals surface area contributed by atoms with Crippen molar-refractivity contribution < 1.29 is 14.6 Å². The van der Waals surface area contributed by atoms with Gasteiger partial charge >= 0.3 is 0 Å². The highest BCUT2D eigenvalue weighted by atomic mass is 35.5. The fourth-order valence-electron chi connectivity index (χ4n) is 2.29. The topological polar surface area (TPSA) is 133 Å². The van der Waals surface area contributed by atoms with Crippen molar-refractivity contribution in [3.05, 3.63) is 54.8 Å². The number of amides is 1. The van der Waals surface area contributed by atoms with Crippen molar-refractivity contribution in [3.8, 4) is 0 Å². The minimum absolute atomic E-state index is 0.0447. The van der Waals surface area contributed by atoms with Crippen LogP contribution in [0.1, 0.15) is 24.2 Å². The molecule has 132 valence electrons. The first kappa shape index (κ1) is 18.3. The number of hydrogen-bond donors (Lipinski definition) is 1. The normalized spacial score (nSPS) is 11.8. The van der Waals surface area contributed by atoms with Gasteiger partial charge in [-0.1, -0.05) is 11.6 Å². The summed E-state index contributed by atoms with van der Waals surface area (Å²) in [5, 5.41) is 29.0. The Morgan fingerprint density at radius 3 is 2.16 bits per heavy atom. The van der Waals surface area contributed by atoms with E-state index in [4.69, 9.17) is 11.6 Å². The van der Waals surface area contributed by atoms with Crippen molar-refractivity contribution in [3.63, 3.8) is 0 Å². The minimum Gasteiger partial charge on any atom is -0.324 e. The molecule has 1 heterocycles. The van der Waals surface area contributed by atoms with E-state index in [9.17, 15) is 25.0 Å². The standard InChI is InChI=1S/C14H14ClN5O5/c1-7-12(19(22)23)4-10(5-13(7)20(24)25)17-14(21)9(3)18-8(2)11(15)6-16-18/h4-6,9H,1-3H3,(H,17,21). The van der Waals surface area contributed by atoms with Crippen LogP contribution >= 0.6 is 11.6 Å². The van der Waals surface area contributed by atoms with Crippen molar-refractivity contribution >= 4 is 34.6 Å². The van der Waals surface area contributed by atoms with Gasteiger partial charge in [-0.15, -0.1) is 0 Å². The van der Waals surface area contributed by atoms with E-state index < -0.39 is 33.2 Å². The average molecular weight is 368 g/mol. The Morgan fingerprint density at radius 2 is 1.76 bits per heavy atom. The van der Waals surface area contributed by atoms with Crippen LogP contribution in [0.25, 0.3) is 0 Å². The zero-order valence-electron chi connectivity index (χ0n) is 13.5. The molecule has 1 N–H and O–H groups in total. The molecular formula is C14H14ClN5O5. The molecule has 1 amide bonds. The second kappa shape index (κ2) is 6.85. The molecule has 0 radical (unpaired) electrons. The zero-order chi connectivity index (χ0) is 18.9. The summed E-state index contributed by atoms with van der Waals surface area (Å²) < 4.78 is 1.38. The van der Waals surface area contributed by atoms with Crippen molar-refractivity contribution in [2.45, 2.75) is 26.8 Å². The number of nitro groups is 2. The van der Waals surface area contributed by atoms with Gasteiger partial charge in [0.15, 0.2) is 0 Å². The van der Waals surface area contributed by atoms with E-state index in [1.807, 2.05) is 0 Å². The van der Waals surface area contributed by atoms with Crippen LogP contribution in [0.15, 0.2) is 18.3 Å². The Labute approximate surface area is 146 Å². The fourth-order valence-corrected chi connectivity index (χ4v) is 2.42. The maximum absolute atomic E-state index is 12.4. The molecule has 0 saturated heterocycles. The van der Waals surface area contributed by atoms with E-state index >= 15 is 0 Å². The lowest BCUT2D eigenvalue weighted by Gasteiger charge is -2.14. The van der Waals surface area contributed by atoms with Gasteiger partial charge in [0, 0.05) is 12.1 Å². The SMILES string of the molecule is Cc1c([N+](=O)[O-])cc(NC(=O)C(C)n2ncc(Cl)c2C)cc1[N+](=O)[O-]. The highest BCUT2D eigenvalue weighted by molar-refractivity contribution is 6.31. The third kappa shape index (κ3) is 3.58. The number of anilines is 1. The molecule has 1 atom stereocenters. The number of rotatable bonds is 5. The molecular weight excluding hydrogens is 354 g/mol. The molecule has 2 aromatic rings. The maximum Gasteiger partial charge on any atom is 0.281 e. The minimum atomic E-state index is -0.771. The molecule has 0 aliphatic rings. The fraction of sp³-hybridized carbons (Fsp3) is 0.286. The Kier molecular flexibility index (Phi) is 5.02. The Hall–Kier alpha value is -3.01. The monoisotopic (exact) mass is 367 g/mol. The van der Waals surface area contributed by atoms with Crippen molar-refractivity contribution in [2.75, 3.05) is 5.32 Å². The second-order valence-corrected chi connectivity index (χ2v) is 5.75. The lowest BCUT2D eigenvalue weighted by molar-refractivity contribution is -0.395. The smallest absolute Gasteiger partial charge is 0.281 e. The van der Waals surface area contributed by atoms with Gasteiger partial charge < -0.3 is 5.32 Å². The lowest BCUT2D eigenvalue weighted by Crippen LogP contribution is -2.25. The summed E-state index contributed by atoms with van der Waals surface area (Å²) in [5.41, 5.74) is -0.455. The number of carbonyl (C=O) groups excluding carboxylic acids is 1. The molecule has 0 saturated carbocycles. The van der Waals surface area contributed by atoms with E-state index in [0.29, 0.717) is 10.7 Å². The summed E-state index contributed by atoms with van der Waals surface area (Å²) in [4.78, 5) is 33.0. The van der Waals surface area contributed by atoms with Crippen LogP contribution in [-0.4, -0.2) is 25.5 Å². The summed E-state index contributed by atoms with van der Waals surface area (Å²) in [6.45, 7) is 4.52. The van der Waals surface area contributed by atoms with E-state index in [1.165, 1.54) is 17.8 Å². The van der Waals surface area contributed by atoms with Crippen LogP contribution in [0.4, 0.5) is 17.1 Å². The summed E-state index contributed by atoms with van der Waals surface area (Å²) in [5.74, 6) is -0.546. The van der Waals surface area contributed by atoms with Gasteiger partial charge in [-0.2, -0.15) is 5.10 Å². The van der Waals surface area contributed by atoms with Crippen LogP contribution in [0.2, 0.25) is 5.02 Å². The van der Waals surface area contributed by atoms with Gasteiger partial charge in [-0.25, -0.2) is 0 Å². The number of carbonyl (C=O) groups is 1. The maximum atomic E-state index is 12.4. The number of benzene rings is 1. The molecule has 0 aliphatic heterocycles. The molecule has 1 unspecified atom stereocenters. The molecule has 2 rings (SSSR count). The van der Waals surface area contributed by atoms with Gasteiger partial charge in [0.1, 0.15) is 11.6 Å². The summed E-state index contributed by atoms with van der Waals surface area (Å²) in [7, 11) is 0. The van der Waals surface area contributed by atoms with E-state index in [0.717, 1.165) is 12.1 Å². The van der Waals surface area contributed by atoms with Crippen molar-refractivity contribution in [1.29, 1.82) is 0 Å². The highest BCUT2D eigenvalue weighted by Gasteiger charge is 2.25. The van der Waals surface area contributed by atoms with Gasteiger partial charge in [-0.3, -0.25) is 29.7 Å². The predicted octanol–water partition coefficient (Wildman–Crippen LogP) is 3.17. The highest BCUT2D eigenvalue weighted by Crippen LogP contribution is 2.32. The molecule has 11 heteroatoms. The number of nitrogens with one attached hydrogen (secondary N) is 1. The van der Waals surface area contributed by atoms with Gasteiger partial charge in [0.05, 0.1) is 32.4 Å². The molecule has 0 fully saturated rings. The second-order valence-electron chi connectivity index (χ2n) is 5.34. The van der Waals surface area contributed by atoms with Crippen LogP contribution in [0.3, 0.4) is 0 Å². The first-order valence-electron chi connectivity index (χ1n) is 7.07. The summed E-state index contributed by atoms with van der Waals surface area (Å²) in [6.07, 6.45) is 1.39. The van der Waals surface area contributed by atoms with Crippen LogP contribution < -0.4 is 5.32 Å². The summed E-state index contributed by atoms with van der Waals surface area (Å²) in [6, 6.07) is 1.39. The first-order chi connectivity index (χ1) is 11.6. The molecule has 0 spiro atoms. The number of hydrogen-bond acceptors (Lipinski definition) is 6. The number of nitrogens with zero attached hydrogens (tertiary/aromatic N) is 4. The Morgan fingerprint density at radius 1 is 1.24 bits per heavy atom. The predicted molar refractivity (Wildman–Crippen MR) is 89.8 cm³/mol.